The Balaban J connectivity index is 2.37. The normalized spacial score (nSPS) is 29.7. The molecule has 0 radical (unpaired) electrons. The van der Waals surface area contributed by atoms with Crippen molar-refractivity contribution in [1.82, 2.24) is 5.32 Å². The van der Waals surface area contributed by atoms with E-state index in [9.17, 15) is 8.78 Å². The maximum Gasteiger partial charge on any atom is 0.261 e. The summed E-state index contributed by atoms with van der Waals surface area (Å²) in [6.07, 6.45) is 2.29. The lowest BCUT2D eigenvalue weighted by molar-refractivity contribution is 0.0111. The summed E-state index contributed by atoms with van der Waals surface area (Å²) in [5, 5.41) is 3.51. The first kappa shape index (κ1) is 16.8. The summed E-state index contributed by atoms with van der Waals surface area (Å²) in [5.74, 6) is 2.21. The predicted molar refractivity (Wildman–Crippen MR) is 74.6 cm³/mol. The molecule has 0 aromatic heterocycles. The number of halogens is 2. The van der Waals surface area contributed by atoms with Crippen LogP contribution >= 0.6 is 0 Å². The van der Waals surface area contributed by atoms with E-state index in [1.807, 2.05) is 0 Å². The van der Waals surface area contributed by atoms with Crippen LogP contribution in [0.2, 0.25) is 0 Å². The second kappa shape index (κ2) is 8.85. The summed E-state index contributed by atoms with van der Waals surface area (Å²) in [4.78, 5) is 0. The number of rotatable bonds is 8. The second-order valence-corrected chi connectivity index (χ2v) is 6.10. The summed E-state index contributed by atoms with van der Waals surface area (Å²) in [6.45, 7) is 7.66. The van der Waals surface area contributed by atoms with Gasteiger partial charge in [-0.15, -0.1) is 0 Å². The van der Waals surface area contributed by atoms with Gasteiger partial charge in [-0.1, -0.05) is 20.8 Å². The second-order valence-electron chi connectivity index (χ2n) is 6.10. The first-order valence-electron chi connectivity index (χ1n) is 7.62. The fourth-order valence-electron chi connectivity index (χ4n) is 3.49. The lowest BCUT2D eigenvalue weighted by Crippen LogP contribution is -2.40. The van der Waals surface area contributed by atoms with Crippen LogP contribution in [0.1, 0.15) is 46.5 Å². The van der Waals surface area contributed by atoms with E-state index in [1.54, 1.807) is 0 Å². The minimum Gasteiger partial charge on any atom is -0.375 e. The molecule has 19 heavy (non-hydrogen) atoms. The zero-order chi connectivity index (χ0) is 14.3. The number of nitrogens with one attached hydrogen (secondary N) is 1. The quantitative estimate of drug-likeness (QED) is 0.683. The number of hydrogen-bond acceptors (Lipinski definition) is 2. The van der Waals surface area contributed by atoms with Crippen LogP contribution in [0.3, 0.4) is 0 Å². The fourth-order valence-corrected chi connectivity index (χ4v) is 3.49. The maximum atomic E-state index is 12.0. The molecular weight excluding hydrogens is 248 g/mol. The van der Waals surface area contributed by atoms with E-state index in [-0.39, 0.29) is 0 Å². The van der Waals surface area contributed by atoms with Crippen molar-refractivity contribution in [3.63, 3.8) is 0 Å². The summed E-state index contributed by atoms with van der Waals surface area (Å²) >= 11 is 0. The molecule has 1 aliphatic rings. The third-order valence-electron chi connectivity index (χ3n) is 4.07. The van der Waals surface area contributed by atoms with Crippen molar-refractivity contribution in [2.75, 3.05) is 19.8 Å². The average molecular weight is 277 g/mol. The Morgan fingerprint density at radius 2 is 1.79 bits per heavy atom. The monoisotopic (exact) mass is 277 g/mol. The van der Waals surface area contributed by atoms with Crippen molar-refractivity contribution in [2.24, 2.45) is 17.8 Å². The van der Waals surface area contributed by atoms with Crippen LogP contribution in [0, 0.1) is 17.8 Å². The Bertz CT molecular complexity index is 228. The summed E-state index contributed by atoms with van der Waals surface area (Å²) in [5.41, 5.74) is 0. The average Bonchev–Trinajstić information content (AvgIpc) is 2.31. The molecule has 1 fully saturated rings. The molecule has 0 aromatic carbocycles. The summed E-state index contributed by atoms with van der Waals surface area (Å²) < 4.78 is 29.1. The third kappa shape index (κ3) is 6.66. The lowest BCUT2D eigenvalue weighted by Gasteiger charge is -2.37. The molecule has 0 bridgehead atoms. The van der Waals surface area contributed by atoms with E-state index in [0.717, 1.165) is 24.8 Å². The Hall–Kier alpha value is -0.220. The largest absolute Gasteiger partial charge is 0.375 e. The molecule has 3 unspecified atom stereocenters. The van der Waals surface area contributed by atoms with Gasteiger partial charge in [0, 0.05) is 12.6 Å². The highest BCUT2D eigenvalue weighted by Gasteiger charge is 2.29. The van der Waals surface area contributed by atoms with Gasteiger partial charge < -0.3 is 10.1 Å². The molecule has 0 heterocycles. The minimum absolute atomic E-state index is 0.410. The van der Waals surface area contributed by atoms with E-state index in [1.165, 1.54) is 19.3 Å². The highest BCUT2D eigenvalue weighted by Crippen LogP contribution is 2.35. The third-order valence-corrected chi connectivity index (χ3v) is 4.07. The van der Waals surface area contributed by atoms with Crippen molar-refractivity contribution in [3.8, 4) is 0 Å². The van der Waals surface area contributed by atoms with E-state index < -0.39 is 13.0 Å². The van der Waals surface area contributed by atoms with Gasteiger partial charge in [0.25, 0.3) is 6.43 Å². The molecule has 4 heteroatoms. The first-order chi connectivity index (χ1) is 9.02. The van der Waals surface area contributed by atoms with E-state index in [2.05, 4.69) is 26.1 Å². The summed E-state index contributed by atoms with van der Waals surface area (Å²) in [7, 11) is 0. The zero-order valence-corrected chi connectivity index (χ0v) is 12.5. The Labute approximate surface area is 116 Å². The van der Waals surface area contributed by atoms with Gasteiger partial charge >= 0.3 is 0 Å². The molecule has 1 saturated carbocycles. The van der Waals surface area contributed by atoms with Crippen LogP contribution in [0.4, 0.5) is 8.78 Å². The fraction of sp³-hybridized carbons (Fsp3) is 1.00. The molecule has 1 N–H and O–H groups in total. The van der Waals surface area contributed by atoms with Crippen LogP contribution in [-0.2, 0) is 4.74 Å². The van der Waals surface area contributed by atoms with E-state index in [4.69, 9.17) is 4.74 Å². The maximum absolute atomic E-state index is 12.0. The van der Waals surface area contributed by atoms with Crippen LogP contribution in [0.15, 0.2) is 0 Å². The predicted octanol–water partition coefficient (Wildman–Crippen LogP) is 3.71. The molecule has 3 atom stereocenters. The van der Waals surface area contributed by atoms with Crippen molar-refractivity contribution >= 4 is 0 Å². The topological polar surface area (TPSA) is 21.3 Å². The minimum atomic E-state index is -2.35. The van der Waals surface area contributed by atoms with Gasteiger partial charge in [-0.2, -0.15) is 0 Å². The van der Waals surface area contributed by atoms with Gasteiger partial charge in [0.1, 0.15) is 6.61 Å². The van der Waals surface area contributed by atoms with Crippen molar-refractivity contribution in [3.05, 3.63) is 0 Å². The SMILES string of the molecule is CCNC(CCOCC(F)F)C1CC(C)CC(C)C1. The molecule has 114 valence electrons. The van der Waals surface area contributed by atoms with E-state index >= 15 is 0 Å². The molecule has 0 aromatic rings. The molecule has 1 rings (SSSR count). The standard InChI is InChI=1S/C15H29F2NO/c1-4-18-14(5-6-19-10-15(16)17)13-8-11(2)7-12(3)9-13/h11-15,18H,4-10H2,1-3H3. The van der Waals surface area contributed by atoms with Gasteiger partial charge in [0.15, 0.2) is 0 Å². The zero-order valence-electron chi connectivity index (χ0n) is 12.5. The van der Waals surface area contributed by atoms with Gasteiger partial charge in [0.05, 0.1) is 0 Å². The number of alkyl halides is 2. The highest BCUT2D eigenvalue weighted by atomic mass is 19.3. The molecule has 0 aliphatic heterocycles. The van der Waals surface area contributed by atoms with Gasteiger partial charge in [-0.25, -0.2) is 8.78 Å². The van der Waals surface area contributed by atoms with Crippen LogP contribution in [-0.4, -0.2) is 32.2 Å². The van der Waals surface area contributed by atoms with Crippen molar-refractivity contribution in [2.45, 2.75) is 58.9 Å². The molecular formula is C15H29F2NO. The summed E-state index contributed by atoms with van der Waals surface area (Å²) in [6, 6.07) is 0.410. The van der Waals surface area contributed by atoms with Crippen molar-refractivity contribution in [1.29, 1.82) is 0 Å². The van der Waals surface area contributed by atoms with Crippen LogP contribution in [0.5, 0.6) is 0 Å². The van der Waals surface area contributed by atoms with Crippen LogP contribution in [0.25, 0.3) is 0 Å². The smallest absolute Gasteiger partial charge is 0.261 e. The molecule has 1 aliphatic carbocycles. The Morgan fingerprint density at radius 3 is 2.32 bits per heavy atom. The number of ether oxygens (including phenoxy) is 1. The molecule has 2 nitrogen and oxygen atoms in total. The lowest BCUT2D eigenvalue weighted by atomic mass is 9.73. The van der Waals surface area contributed by atoms with Crippen LogP contribution < -0.4 is 5.32 Å². The highest BCUT2D eigenvalue weighted by molar-refractivity contribution is 4.83. The van der Waals surface area contributed by atoms with Gasteiger partial charge in [-0.3, -0.25) is 0 Å². The molecule has 0 saturated heterocycles. The van der Waals surface area contributed by atoms with Gasteiger partial charge in [0.2, 0.25) is 0 Å². The van der Waals surface area contributed by atoms with Crippen molar-refractivity contribution < 1.29 is 13.5 Å². The number of hydrogen-bond donors (Lipinski definition) is 1. The van der Waals surface area contributed by atoms with E-state index in [0.29, 0.717) is 18.6 Å². The first-order valence-corrected chi connectivity index (χ1v) is 7.62. The molecule has 0 spiro atoms. The Kier molecular flexibility index (Phi) is 7.84. The van der Waals surface area contributed by atoms with Gasteiger partial charge in [-0.05, 0) is 50.0 Å². The molecule has 0 amide bonds. The Morgan fingerprint density at radius 1 is 1.16 bits per heavy atom.